The van der Waals surface area contributed by atoms with Gasteiger partial charge < -0.3 is 14.1 Å². The zero-order valence-corrected chi connectivity index (χ0v) is 19.0. The molecule has 0 bridgehead atoms. The van der Waals surface area contributed by atoms with Crippen LogP contribution in [0.2, 0.25) is 0 Å². The van der Waals surface area contributed by atoms with Gasteiger partial charge in [-0.25, -0.2) is 0 Å². The van der Waals surface area contributed by atoms with Crippen LogP contribution in [0.1, 0.15) is 36.0 Å². The Bertz CT molecular complexity index is 1490. The number of aliphatic imine (C=N–C) groups is 1. The van der Waals surface area contributed by atoms with Gasteiger partial charge >= 0.3 is 0 Å². The number of hydrogen-bond donors (Lipinski definition) is 1. The number of nitrogens with zero attached hydrogens (tertiary/aromatic N) is 2. The lowest BCUT2D eigenvalue weighted by molar-refractivity contribution is -0.123. The molecule has 4 aliphatic heterocycles. The van der Waals surface area contributed by atoms with Crippen molar-refractivity contribution in [3.05, 3.63) is 83.4 Å². The number of para-hydroxylation sites is 2. The van der Waals surface area contributed by atoms with Crippen LogP contribution in [0.25, 0.3) is 16.5 Å². The molecule has 3 aromatic rings. The summed E-state index contributed by atoms with van der Waals surface area (Å²) in [6, 6.07) is 13.7. The Balaban J connectivity index is 1.40. The maximum absolute atomic E-state index is 13.2. The van der Waals surface area contributed by atoms with E-state index in [9.17, 15) is 9.59 Å². The van der Waals surface area contributed by atoms with Crippen LogP contribution in [0.15, 0.2) is 76.1 Å². The Labute approximate surface area is 201 Å². The second-order valence-electron chi connectivity index (χ2n) is 9.35. The molecular weight excluding hydrogens is 442 g/mol. The molecule has 174 valence electrons. The second-order valence-corrected chi connectivity index (χ2v) is 9.35. The largest absolute Gasteiger partial charge is 0.464 e. The second kappa shape index (κ2) is 7.78. The minimum atomic E-state index is -0.447. The Morgan fingerprint density at radius 1 is 0.971 bits per heavy atom. The van der Waals surface area contributed by atoms with Gasteiger partial charge in [-0.2, -0.15) is 0 Å². The van der Waals surface area contributed by atoms with Crippen molar-refractivity contribution in [3.8, 4) is 0 Å². The third-order valence-corrected chi connectivity index (χ3v) is 7.41. The molecule has 2 unspecified atom stereocenters. The van der Waals surface area contributed by atoms with Crippen molar-refractivity contribution in [2.45, 2.75) is 37.8 Å². The van der Waals surface area contributed by atoms with Gasteiger partial charge in [-0.15, -0.1) is 0 Å². The van der Waals surface area contributed by atoms with E-state index in [1.807, 2.05) is 42.6 Å². The van der Waals surface area contributed by atoms with Crippen LogP contribution in [0.3, 0.4) is 0 Å². The monoisotopic (exact) mass is 465 g/mol. The van der Waals surface area contributed by atoms with Crippen LogP contribution >= 0.6 is 0 Å². The Morgan fingerprint density at radius 3 is 2.71 bits per heavy atom. The molecule has 1 N–H and O–H groups in total. The van der Waals surface area contributed by atoms with Gasteiger partial charge in [0.25, 0.3) is 11.8 Å². The topological polar surface area (TPSA) is 84.1 Å². The summed E-state index contributed by atoms with van der Waals surface area (Å²) in [5, 5.41) is 3.36. The van der Waals surface area contributed by atoms with E-state index in [2.05, 4.69) is 16.3 Å². The maximum Gasteiger partial charge on any atom is 0.261 e. The summed E-state index contributed by atoms with van der Waals surface area (Å²) in [7, 11) is 0. The van der Waals surface area contributed by atoms with Crippen LogP contribution in [0, 0.1) is 0 Å². The molecule has 0 aliphatic carbocycles. The predicted molar refractivity (Wildman–Crippen MR) is 132 cm³/mol. The molecule has 2 aromatic carbocycles. The lowest BCUT2D eigenvalue weighted by atomic mass is 9.92. The first-order chi connectivity index (χ1) is 17.2. The van der Waals surface area contributed by atoms with Crippen molar-refractivity contribution in [1.82, 2.24) is 5.32 Å². The van der Waals surface area contributed by atoms with Crippen LogP contribution in [0.5, 0.6) is 0 Å². The molecular formula is C28H23N3O4. The predicted octanol–water partition coefficient (Wildman–Crippen LogP) is 4.12. The van der Waals surface area contributed by atoms with Gasteiger partial charge in [0.2, 0.25) is 0 Å². The van der Waals surface area contributed by atoms with Gasteiger partial charge in [-0.3, -0.25) is 19.9 Å². The number of rotatable bonds is 3. The Kier molecular flexibility index (Phi) is 4.54. The van der Waals surface area contributed by atoms with Crippen molar-refractivity contribution >= 4 is 39.8 Å². The van der Waals surface area contributed by atoms with E-state index in [4.69, 9.17) is 14.1 Å². The minimum absolute atomic E-state index is 0.151. The van der Waals surface area contributed by atoms with Gasteiger partial charge in [0.15, 0.2) is 0 Å². The van der Waals surface area contributed by atoms with Gasteiger partial charge in [-0.05, 0) is 37.3 Å². The smallest absolute Gasteiger partial charge is 0.261 e. The molecule has 1 saturated heterocycles. The van der Waals surface area contributed by atoms with Crippen molar-refractivity contribution < 1.29 is 18.7 Å². The molecule has 7 heteroatoms. The zero-order valence-electron chi connectivity index (χ0n) is 19.0. The minimum Gasteiger partial charge on any atom is -0.464 e. The van der Waals surface area contributed by atoms with Gasteiger partial charge in [0.05, 0.1) is 41.0 Å². The van der Waals surface area contributed by atoms with Crippen LogP contribution in [-0.2, 0) is 20.7 Å². The number of fused-ring (bicyclic) bond motifs is 1. The molecule has 4 aliphatic rings. The average molecular weight is 466 g/mol. The van der Waals surface area contributed by atoms with E-state index in [-0.39, 0.29) is 17.7 Å². The van der Waals surface area contributed by atoms with Crippen LogP contribution < -0.4 is 10.2 Å². The lowest BCUT2D eigenvalue weighted by Crippen LogP contribution is -2.41. The lowest BCUT2D eigenvalue weighted by Gasteiger charge is -2.33. The highest BCUT2D eigenvalue weighted by Crippen LogP contribution is 2.42. The standard InChI is InChI=1S/C28H23N3O4/c32-27-22(18-7-3-5-16-10-14-35-26(16)18)23(28(33)30-27)24-19-8-4-6-17-15-20(21-9-1-2-13-34-21)31(25(17)19)12-11-29-24/h3-8,10-12,14,20-21H,1-2,9,13,15H2,(H,30,32,33). The fraction of sp³-hybridized carbons (Fsp3) is 0.250. The molecule has 0 spiro atoms. The van der Waals surface area contributed by atoms with Crippen LogP contribution in [0.4, 0.5) is 5.69 Å². The van der Waals surface area contributed by atoms with Gasteiger partial charge in [0, 0.05) is 35.5 Å². The number of imide groups is 1. The molecule has 0 saturated carbocycles. The number of furan rings is 1. The number of carbonyl (C=O) groups excluding carboxylic acids is 2. The molecule has 7 rings (SSSR count). The molecule has 5 heterocycles. The molecule has 1 aromatic heterocycles. The van der Waals surface area contributed by atoms with Crippen molar-refractivity contribution in [3.63, 3.8) is 0 Å². The highest BCUT2D eigenvalue weighted by molar-refractivity contribution is 6.48. The first-order valence-corrected chi connectivity index (χ1v) is 12.0. The summed E-state index contributed by atoms with van der Waals surface area (Å²) in [5.74, 6) is -0.889. The van der Waals surface area contributed by atoms with Crippen LogP contribution in [-0.4, -0.2) is 36.3 Å². The summed E-state index contributed by atoms with van der Waals surface area (Å²) in [6.07, 6.45) is 9.62. The normalized spacial score (nSPS) is 23.5. The first kappa shape index (κ1) is 20.4. The molecule has 2 amide bonds. The summed E-state index contributed by atoms with van der Waals surface area (Å²) >= 11 is 0. The first-order valence-electron chi connectivity index (χ1n) is 12.0. The fourth-order valence-corrected chi connectivity index (χ4v) is 5.88. The quantitative estimate of drug-likeness (QED) is 0.589. The number of carbonyl (C=O) groups is 2. The fourth-order valence-electron chi connectivity index (χ4n) is 5.88. The zero-order chi connectivity index (χ0) is 23.5. The number of nitrogens with one attached hydrogen (secondary N) is 1. The van der Waals surface area contributed by atoms with E-state index < -0.39 is 11.8 Å². The molecule has 7 nitrogen and oxygen atoms in total. The van der Waals surface area contributed by atoms with E-state index in [0.29, 0.717) is 22.4 Å². The maximum atomic E-state index is 13.2. The number of hydrogen-bond acceptors (Lipinski definition) is 6. The van der Waals surface area contributed by atoms with E-state index in [1.54, 1.807) is 12.5 Å². The van der Waals surface area contributed by atoms with Crippen molar-refractivity contribution in [1.29, 1.82) is 0 Å². The highest BCUT2D eigenvalue weighted by Gasteiger charge is 2.41. The molecule has 35 heavy (non-hydrogen) atoms. The van der Waals surface area contributed by atoms with E-state index >= 15 is 0 Å². The Hall–Kier alpha value is -3.97. The molecule has 0 radical (unpaired) electrons. The number of amides is 2. The van der Waals surface area contributed by atoms with E-state index in [1.165, 1.54) is 12.0 Å². The highest BCUT2D eigenvalue weighted by atomic mass is 16.5. The van der Waals surface area contributed by atoms with Crippen molar-refractivity contribution in [2.75, 3.05) is 11.5 Å². The summed E-state index contributed by atoms with van der Waals surface area (Å²) in [6.45, 7) is 0.792. The van der Waals surface area contributed by atoms with Gasteiger partial charge in [-0.1, -0.05) is 36.4 Å². The molecule has 1 fully saturated rings. The van der Waals surface area contributed by atoms with Gasteiger partial charge in [0.1, 0.15) is 5.58 Å². The van der Waals surface area contributed by atoms with Crippen molar-refractivity contribution in [2.24, 2.45) is 4.99 Å². The average Bonchev–Trinajstić information content (AvgIpc) is 3.54. The number of benzene rings is 2. The number of anilines is 1. The Morgan fingerprint density at radius 2 is 1.83 bits per heavy atom. The SMILES string of the molecule is O=C1NC(=O)C(c2cccc3ccoc23)=C1C1=NC=CN2c3c(cccc31)CC2C1CCCCO1. The number of ether oxygens (including phenoxy) is 1. The third kappa shape index (κ3) is 3.04. The van der Waals surface area contributed by atoms with E-state index in [0.717, 1.165) is 42.5 Å². The summed E-state index contributed by atoms with van der Waals surface area (Å²) in [5.41, 5.74) is 5.29. The summed E-state index contributed by atoms with van der Waals surface area (Å²) in [4.78, 5) is 33.3. The molecule has 2 atom stereocenters. The third-order valence-electron chi connectivity index (χ3n) is 7.41. The summed E-state index contributed by atoms with van der Waals surface area (Å²) < 4.78 is 11.9.